The zero-order valence-corrected chi connectivity index (χ0v) is 29.6. The van der Waals surface area contributed by atoms with Crippen LogP contribution in [-0.2, 0) is 0 Å². The summed E-state index contributed by atoms with van der Waals surface area (Å²) in [7, 11) is 8.05. The van der Waals surface area contributed by atoms with E-state index in [1.54, 1.807) is 48.6 Å². The number of unbranched alkanes of at least 4 members (excludes halogenated alkanes) is 3. The molecular weight excluding hydrogens is 620 g/mol. The van der Waals surface area contributed by atoms with Crippen LogP contribution in [0.3, 0.4) is 0 Å². The molecule has 258 valence electrons. The summed E-state index contributed by atoms with van der Waals surface area (Å²) in [5.41, 5.74) is 5.70. The van der Waals surface area contributed by atoms with E-state index in [-0.39, 0.29) is 11.6 Å². The maximum atomic E-state index is 12.5. The van der Waals surface area contributed by atoms with Gasteiger partial charge in [0.1, 0.15) is 11.5 Å². The Hall–Kier alpha value is -5.62. The van der Waals surface area contributed by atoms with Gasteiger partial charge in [-0.2, -0.15) is 0 Å². The number of ketones is 2. The van der Waals surface area contributed by atoms with Crippen LogP contribution >= 0.6 is 0 Å². The molecule has 0 heterocycles. The largest absolute Gasteiger partial charge is 0.494 e. The second-order valence-corrected chi connectivity index (χ2v) is 12.3. The predicted octanol–water partition coefficient (Wildman–Crippen LogP) is 9.74. The van der Waals surface area contributed by atoms with Crippen molar-refractivity contribution >= 4 is 35.1 Å². The van der Waals surface area contributed by atoms with E-state index < -0.39 is 0 Å². The molecule has 0 aromatic heterocycles. The lowest BCUT2D eigenvalue weighted by molar-refractivity contribution is 0.103. The highest BCUT2D eigenvalue weighted by Crippen LogP contribution is 2.17. The molecule has 4 aromatic rings. The van der Waals surface area contributed by atoms with Crippen molar-refractivity contribution in [3.63, 3.8) is 0 Å². The van der Waals surface area contributed by atoms with Gasteiger partial charge in [0, 0.05) is 50.7 Å². The quantitative estimate of drug-likeness (QED) is 0.0429. The lowest BCUT2D eigenvalue weighted by Crippen LogP contribution is -2.07. The molecule has 6 heteroatoms. The molecule has 0 radical (unpaired) electrons. The van der Waals surface area contributed by atoms with Gasteiger partial charge in [-0.25, -0.2) is 0 Å². The number of carbonyl (C=O) groups is 2. The van der Waals surface area contributed by atoms with E-state index >= 15 is 0 Å². The molecule has 0 aliphatic carbocycles. The first-order valence-electron chi connectivity index (χ1n) is 17.1. The van der Waals surface area contributed by atoms with E-state index in [0.29, 0.717) is 24.3 Å². The number of benzene rings is 4. The van der Waals surface area contributed by atoms with Crippen molar-refractivity contribution in [2.45, 2.75) is 25.7 Å². The molecule has 0 aliphatic heterocycles. The van der Waals surface area contributed by atoms with Crippen LogP contribution in [0.15, 0.2) is 134 Å². The fourth-order valence-corrected chi connectivity index (χ4v) is 4.95. The molecule has 4 aromatic carbocycles. The lowest BCUT2D eigenvalue weighted by Gasteiger charge is -2.11. The number of anilines is 2. The van der Waals surface area contributed by atoms with Gasteiger partial charge in [-0.05, 0) is 122 Å². The molecule has 0 saturated carbocycles. The smallest absolute Gasteiger partial charge is 0.185 e. The lowest BCUT2D eigenvalue weighted by atomic mass is 10.1. The summed E-state index contributed by atoms with van der Waals surface area (Å²) in [6, 6.07) is 31.0. The van der Waals surface area contributed by atoms with Gasteiger partial charge in [0.25, 0.3) is 0 Å². The molecule has 6 nitrogen and oxygen atoms in total. The van der Waals surface area contributed by atoms with Crippen LogP contribution in [0.5, 0.6) is 11.5 Å². The third-order valence-electron chi connectivity index (χ3n) is 7.97. The van der Waals surface area contributed by atoms with Crippen molar-refractivity contribution in [1.29, 1.82) is 0 Å². The monoisotopic (exact) mass is 668 g/mol. The number of ether oxygens (including phenoxy) is 2. The average Bonchev–Trinajstić information content (AvgIpc) is 3.13. The Morgan fingerprint density at radius 2 is 0.840 bits per heavy atom. The number of nitrogens with zero attached hydrogens (tertiary/aromatic N) is 2. The van der Waals surface area contributed by atoms with Crippen LogP contribution < -0.4 is 19.3 Å². The zero-order valence-electron chi connectivity index (χ0n) is 29.6. The number of hydrogen-bond donors (Lipinski definition) is 0. The topological polar surface area (TPSA) is 59.1 Å². The van der Waals surface area contributed by atoms with Crippen molar-refractivity contribution in [3.05, 3.63) is 156 Å². The van der Waals surface area contributed by atoms with Gasteiger partial charge in [0.2, 0.25) is 0 Å². The maximum absolute atomic E-state index is 12.5. The Balaban J connectivity index is 1.05. The van der Waals surface area contributed by atoms with Crippen LogP contribution in [-0.4, -0.2) is 53.0 Å². The predicted molar refractivity (Wildman–Crippen MR) is 209 cm³/mol. The van der Waals surface area contributed by atoms with E-state index in [4.69, 9.17) is 9.47 Å². The van der Waals surface area contributed by atoms with E-state index in [1.165, 1.54) is 0 Å². The highest BCUT2D eigenvalue weighted by molar-refractivity contribution is 6.05. The number of allylic oxidation sites excluding steroid dienone is 6. The third kappa shape index (κ3) is 12.8. The molecule has 4 rings (SSSR count). The summed E-state index contributed by atoms with van der Waals surface area (Å²) in [5, 5.41) is 0. The minimum atomic E-state index is -0.0464. The van der Waals surface area contributed by atoms with Crippen molar-refractivity contribution in [3.8, 4) is 11.5 Å². The van der Waals surface area contributed by atoms with Gasteiger partial charge in [0.15, 0.2) is 11.6 Å². The summed E-state index contributed by atoms with van der Waals surface area (Å²) in [6.07, 6.45) is 18.3. The van der Waals surface area contributed by atoms with E-state index in [2.05, 4.69) is 58.3 Å². The normalized spacial score (nSPS) is 11.5. The molecule has 0 amide bonds. The standard InChI is InChI=1S/C44H48N2O4/c1-45(2)39-25-17-35(18-26-39)13-7-9-15-43(47)37-21-29-41(30-22-37)49-33-11-5-6-12-34-50-42-31-23-38(24-32-42)44(48)16-10-8-14-36-19-27-40(28-20-36)46(3)4/h7-10,13-32H,5-6,11-12,33-34H2,1-4H3/b13-7+,14-8+,15-9+,16-10+. The van der Waals surface area contributed by atoms with Gasteiger partial charge in [0.05, 0.1) is 13.2 Å². The van der Waals surface area contributed by atoms with Crippen LogP contribution in [0.4, 0.5) is 11.4 Å². The summed E-state index contributed by atoms with van der Waals surface area (Å²) in [6.45, 7) is 1.25. The van der Waals surface area contributed by atoms with Gasteiger partial charge >= 0.3 is 0 Å². The summed E-state index contributed by atoms with van der Waals surface area (Å²) < 4.78 is 11.7. The molecule has 0 spiro atoms. The van der Waals surface area contributed by atoms with Gasteiger partial charge < -0.3 is 19.3 Å². The van der Waals surface area contributed by atoms with Crippen molar-refractivity contribution in [2.24, 2.45) is 0 Å². The van der Waals surface area contributed by atoms with E-state index in [9.17, 15) is 9.59 Å². The van der Waals surface area contributed by atoms with Crippen molar-refractivity contribution in [1.82, 2.24) is 0 Å². The summed E-state index contributed by atoms with van der Waals surface area (Å²) in [5.74, 6) is 1.43. The highest BCUT2D eigenvalue weighted by Gasteiger charge is 2.04. The molecule has 50 heavy (non-hydrogen) atoms. The Bertz CT molecular complexity index is 1610. The van der Waals surface area contributed by atoms with Crippen LogP contribution in [0.25, 0.3) is 12.2 Å². The second-order valence-electron chi connectivity index (χ2n) is 12.3. The summed E-state index contributed by atoms with van der Waals surface area (Å²) >= 11 is 0. The van der Waals surface area contributed by atoms with Crippen LogP contribution in [0, 0.1) is 0 Å². The van der Waals surface area contributed by atoms with Crippen LogP contribution in [0.1, 0.15) is 57.5 Å². The SMILES string of the molecule is CN(C)c1ccc(/C=C/C=C/C(=O)c2ccc(OCCCCCCOc3ccc(C(=O)/C=C/C=C/c4ccc(N(C)C)cc4)cc3)cc2)cc1. The second kappa shape index (κ2) is 20.0. The van der Waals surface area contributed by atoms with E-state index in [0.717, 1.165) is 59.7 Å². The van der Waals surface area contributed by atoms with Gasteiger partial charge in [-0.15, -0.1) is 0 Å². The number of hydrogen-bond acceptors (Lipinski definition) is 6. The van der Waals surface area contributed by atoms with Gasteiger partial charge in [-0.3, -0.25) is 9.59 Å². The number of carbonyl (C=O) groups excluding carboxylic acids is 2. The Kier molecular flexibility index (Phi) is 14.9. The first-order valence-corrected chi connectivity index (χ1v) is 17.1. The Morgan fingerprint density at radius 1 is 0.480 bits per heavy atom. The minimum absolute atomic E-state index is 0.0464. The molecule has 0 bridgehead atoms. The van der Waals surface area contributed by atoms with Crippen molar-refractivity contribution < 1.29 is 19.1 Å². The first kappa shape index (κ1) is 37.2. The Labute approximate surface area is 297 Å². The molecule has 0 saturated heterocycles. The van der Waals surface area contributed by atoms with Crippen LogP contribution in [0.2, 0.25) is 0 Å². The fourth-order valence-electron chi connectivity index (χ4n) is 4.95. The number of rotatable bonds is 19. The van der Waals surface area contributed by atoms with E-state index in [1.807, 2.05) is 76.8 Å². The average molecular weight is 669 g/mol. The zero-order chi connectivity index (χ0) is 35.6. The summed E-state index contributed by atoms with van der Waals surface area (Å²) in [4.78, 5) is 29.1. The Morgan fingerprint density at radius 3 is 1.18 bits per heavy atom. The first-order chi connectivity index (χ1) is 24.3. The minimum Gasteiger partial charge on any atom is -0.494 e. The molecular formula is C44H48N2O4. The molecule has 0 aliphatic rings. The highest BCUT2D eigenvalue weighted by atomic mass is 16.5. The third-order valence-corrected chi connectivity index (χ3v) is 7.97. The fraction of sp³-hybridized carbons (Fsp3) is 0.227. The molecule has 0 unspecified atom stereocenters. The van der Waals surface area contributed by atoms with Gasteiger partial charge in [-0.1, -0.05) is 60.7 Å². The molecule has 0 fully saturated rings. The molecule has 0 N–H and O–H groups in total. The molecule has 0 atom stereocenters. The van der Waals surface area contributed by atoms with Crippen molar-refractivity contribution in [2.75, 3.05) is 51.2 Å². The maximum Gasteiger partial charge on any atom is 0.185 e.